The van der Waals surface area contributed by atoms with Gasteiger partial charge in [0.2, 0.25) is 5.95 Å². The van der Waals surface area contributed by atoms with E-state index in [-0.39, 0.29) is 31.5 Å². The predicted molar refractivity (Wildman–Crippen MR) is 108 cm³/mol. The quantitative estimate of drug-likeness (QED) is 0.576. The highest BCUT2D eigenvalue weighted by molar-refractivity contribution is 6.02. The lowest BCUT2D eigenvalue weighted by Gasteiger charge is -2.31. The predicted octanol–water partition coefficient (Wildman–Crippen LogP) is 3.63. The molecule has 0 saturated heterocycles. The fourth-order valence-electron chi connectivity index (χ4n) is 3.43. The maximum Gasteiger partial charge on any atom is 0.328 e. The second-order valence-corrected chi connectivity index (χ2v) is 6.87. The first-order valence-electron chi connectivity index (χ1n) is 9.45. The number of amides is 2. The number of hydrogen-bond donors (Lipinski definition) is 3. The van der Waals surface area contributed by atoms with Crippen LogP contribution in [0.3, 0.4) is 0 Å². The van der Waals surface area contributed by atoms with Crippen molar-refractivity contribution in [2.75, 3.05) is 23.4 Å². The van der Waals surface area contributed by atoms with Gasteiger partial charge < -0.3 is 15.7 Å². The minimum absolute atomic E-state index is 0.00711. The van der Waals surface area contributed by atoms with Gasteiger partial charge in [0.05, 0.1) is 18.8 Å². The van der Waals surface area contributed by atoms with Gasteiger partial charge in [0.15, 0.2) is 5.82 Å². The Labute approximate surface area is 175 Å². The Bertz CT molecular complexity index is 1150. The molecule has 0 atom stereocenters. The normalized spacial score (nSPS) is 13.1. The lowest BCUT2D eigenvalue weighted by molar-refractivity contribution is 0.246. The zero-order chi connectivity index (χ0) is 22.1. The Morgan fingerprint density at radius 1 is 1.16 bits per heavy atom. The molecule has 3 N–H and O–H groups in total. The van der Waals surface area contributed by atoms with Gasteiger partial charge >= 0.3 is 6.03 Å². The molecule has 0 unspecified atom stereocenters. The maximum absolute atomic E-state index is 14.5. The van der Waals surface area contributed by atoms with Crippen LogP contribution >= 0.6 is 0 Å². The van der Waals surface area contributed by atoms with E-state index in [9.17, 15) is 18.0 Å². The van der Waals surface area contributed by atoms with Crippen LogP contribution in [0, 0.1) is 24.4 Å². The van der Waals surface area contributed by atoms with Crippen molar-refractivity contribution < 1.29 is 23.1 Å². The highest BCUT2D eigenvalue weighted by atomic mass is 19.1. The van der Waals surface area contributed by atoms with E-state index in [2.05, 4.69) is 20.6 Å². The molecule has 1 aliphatic heterocycles. The summed E-state index contributed by atoms with van der Waals surface area (Å²) in [5.41, 5.74) is 1.34. The molecule has 7 nitrogen and oxygen atoms in total. The van der Waals surface area contributed by atoms with Crippen LogP contribution in [0.15, 0.2) is 36.4 Å². The number of aromatic nitrogens is 2. The summed E-state index contributed by atoms with van der Waals surface area (Å²) in [5, 5.41) is 14.5. The number of urea groups is 1. The van der Waals surface area contributed by atoms with Gasteiger partial charge in [-0.25, -0.2) is 27.8 Å². The Morgan fingerprint density at radius 3 is 2.58 bits per heavy atom. The Kier molecular flexibility index (Phi) is 5.47. The van der Waals surface area contributed by atoms with Gasteiger partial charge in [-0.05, 0) is 42.8 Å². The van der Waals surface area contributed by atoms with E-state index in [0.717, 1.165) is 17.0 Å². The number of para-hydroxylation sites is 1. The monoisotopic (exact) mass is 429 g/mol. The van der Waals surface area contributed by atoms with E-state index >= 15 is 0 Å². The number of carbonyl (C=O) groups is 1. The van der Waals surface area contributed by atoms with Crippen LogP contribution in [0.5, 0.6) is 0 Å². The van der Waals surface area contributed by atoms with Crippen LogP contribution in [-0.2, 0) is 6.54 Å². The van der Waals surface area contributed by atoms with Crippen LogP contribution in [0.1, 0.15) is 11.1 Å². The summed E-state index contributed by atoms with van der Waals surface area (Å²) in [6, 6.07) is 6.65. The van der Waals surface area contributed by atoms with Gasteiger partial charge in [-0.2, -0.15) is 4.98 Å². The molecule has 3 aromatic rings. The number of fused-ring (bicyclic) bond motifs is 1. The summed E-state index contributed by atoms with van der Waals surface area (Å²) in [6.45, 7) is 1.61. The van der Waals surface area contributed by atoms with Crippen molar-refractivity contribution in [1.82, 2.24) is 15.3 Å². The van der Waals surface area contributed by atoms with Crippen LogP contribution in [0.4, 0.5) is 35.4 Å². The summed E-state index contributed by atoms with van der Waals surface area (Å²) in [5.74, 6) is -2.27. The van der Waals surface area contributed by atoms with Crippen molar-refractivity contribution in [1.29, 1.82) is 0 Å². The van der Waals surface area contributed by atoms with E-state index in [1.54, 1.807) is 6.92 Å². The molecule has 0 fully saturated rings. The number of aryl methyl sites for hydroxylation is 1. The van der Waals surface area contributed by atoms with Gasteiger partial charge in [0.25, 0.3) is 0 Å². The van der Waals surface area contributed by atoms with Crippen molar-refractivity contribution in [2.45, 2.75) is 13.5 Å². The number of aliphatic hydroxyl groups excluding tert-OH is 1. The first-order valence-corrected chi connectivity index (χ1v) is 9.45. The average molecular weight is 429 g/mol. The summed E-state index contributed by atoms with van der Waals surface area (Å²) < 4.78 is 42.7. The largest absolute Gasteiger partial charge is 0.395 e. The van der Waals surface area contributed by atoms with E-state index in [1.807, 2.05) is 0 Å². The molecule has 160 valence electrons. The average Bonchev–Trinajstić information content (AvgIpc) is 2.73. The molecule has 0 aliphatic carbocycles. The molecule has 0 bridgehead atoms. The number of aliphatic hydroxyl groups is 1. The number of rotatable bonds is 5. The number of anilines is 3. The zero-order valence-corrected chi connectivity index (χ0v) is 16.4. The number of nitrogens with zero attached hydrogens (tertiary/aromatic N) is 3. The maximum atomic E-state index is 14.5. The van der Waals surface area contributed by atoms with E-state index in [4.69, 9.17) is 5.11 Å². The minimum Gasteiger partial charge on any atom is -0.395 e. The number of benzene rings is 2. The number of nitrogens with one attached hydrogen (secondary N) is 2. The summed E-state index contributed by atoms with van der Waals surface area (Å²) in [4.78, 5) is 22.2. The Balaban J connectivity index is 1.98. The van der Waals surface area contributed by atoms with Gasteiger partial charge in [-0.1, -0.05) is 6.07 Å². The first-order chi connectivity index (χ1) is 14.9. The van der Waals surface area contributed by atoms with Crippen molar-refractivity contribution >= 4 is 23.5 Å². The second-order valence-electron chi connectivity index (χ2n) is 6.87. The van der Waals surface area contributed by atoms with Gasteiger partial charge in [0.1, 0.15) is 23.1 Å². The van der Waals surface area contributed by atoms with Crippen LogP contribution in [0.25, 0.3) is 11.3 Å². The summed E-state index contributed by atoms with van der Waals surface area (Å²) >= 11 is 0. The van der Waals surface area contributed by atoms with Crippen molar-refractivity contribution in [3.63, 3.8) is 0 Å². The third kappa shape index (κ3) is 3.77. The lowest BCUT2D eigenvalue weighted by atomic mass is 10.00. The Hall–Kier alpha value is -3.66. The van der Waals surface area contributed by atoms with Crippen LogP contribution in [-0.4, -0.2) is 34.3 Å². The molecule has 0 spiro atoms. The zero-order valence-electron chi connectivity index (χ0n) is 16.4. The van der Waals surface area contributed by atoms with Gasteiger partial charge in [-0.15, -0.1) is 0 Å². The molecular formula is C21H18F3N5O2. The van der Waals surface area contributed by atoms with Crippen LogP contribution < -0.4 is 15.5 Å². The molecule has 4 rings (SSSR count). The molecular weight excluding hydrogens is 411 g/mol. The van der Waals surface area contributed by atoms with Crippen molar-refractivity contribution in [3.05, 3.63) is 65.0 Å². The SMILES string of the molecule is Cc1cc(F)ccc1-c1nc(NCCO)nc2c1CNC(=O)N2c1c(F)cccc1F. The number of halogens is 3. The highest BCUT2D eigenvalue weighted by Crippen LogP contribution is 2.39. The molecule has 2 aromatic carbocycles. The third-order valence-electron chi connectivity index (χ3n) is 4.82. The minimum atomic E-state index is -0.939. The second kappa shape index (κ2) is 8.23. The molecule has 0 radical (unpaired) electrons. The summed E-state index contributed by atoms with van der Waals surface area (Å²) in [6.07, 6.45) is 0. The van der Waals surface area contributed by atoms with E-state index in [0.29, 0.717) is 22.4 Å². The van der Waals surface area contributed by atoms with Crippen molar-refractivity contribution in [3.8, 4) is 11.3 Å². The molecule has 2 heterocycles. The number of hydrogen-bond acceptors (Lipinski definition) is 5. The molecule has 0 saturated carbocycles. The van der Waals surface area contributed by atoms with Crippen LogP contribution in [0.2, 0.25) is 0 Å². The Morgan fingerprint density at radius 2 is 1.90 bits per heavy atom. The fraction of sp³-hybridized carbons (Fsp3) is 0.190. The standard InChI is InChI=1S/C21H18F3N5O2/c1-11-9-12(22)5-6-13(11)17-14-10-26-21(31)29(18-15(23)3-2-4-16(18)24)19(14)28-20(27-17)25-7-8-30/h2-6,9,30H,7-8,10H2,1H3,(H,26,31)(H,25,27,28). The molecule has 31 heavy (non-hydrogen) atoms. The van der Waals surface area contributed by atoms with E-state index in [1.165, 1.54) is 24.3 Å². The third-order valence-corrected chi connectivity index (χ3v) is 4.82. The first kappa shape index (κ1) is 20.6. The molecule has 1 aromatic heterocycles. The lowest BCUT2D eigenvalue weighted by Crippen LogP contribution is -2.43. The molecule has 10 heteroatoms. The molecule has 1 aliphatic rings. The summed E-state index contributed by atoms with van der Waals surface area (Å²) in [7, 11) is 0. The van der Waals surface area contributed by atoms with Gasteiger partial charge in [0, 0.05) is 17.7 Å². The topological polar surface area (TPSA) is 90.4 Å². The van der Waals surface area contributed by atoms with E-state index < -0.39 is 29.2 Å². The fourth-order valence-corrected chi connectivity index (χ4v) is 3.43. The smallest absolute Gasteiger partial charge is 0.328 e. The number of carbonyl (C=O) groups excluding carboxylic acids is 1. The van der Waals surface area contributed by atoms with Gasteiger partial charge in [-0.3, -0.25) is 0 Å². The van der Waals surface area contributed by atoms with Crippen molar-refractivity contribution in [2.24, 2.45) is 0 Å². The molecule has 2 amide bonds. The highest BCUT2D eigenvalue weighted by Gasteiger charge is 2.34.